The van der Waals surface area contributed by atoms with Gasteiger partial charge in [0.15, 0.2) is 0 Å². The lowest BCUT2D eigenvalue weighted by molar-refractivity contribution is -0.140. The van der Waals surface area contributed by atoms with E-state index >= 15 is 0 Å². The Morgan fingerprint density at radius 1 is 1.44 bits per heavy atom. The van der Waals surface area contributed by atoms with E-state index < -0.39 is 18.6 Å². The fourth-order valence-corrected chi connectivity index (χ4v) is 1.85. The summed E-state index contributed by atoms with van der Waals surface area (Å²) in [5.41, 5.74) is 0.975. The number of aryl methyl sites for hydroxylation is 2. The first-order valence-corrected chi connectivity index (χ1v) is 6.18. The summed E-state index contributed by atoms with van der Waals surface area (Å²) >= 11 is 0. The summed E-state index contributed by atoms with van der Waals surface area (Å²) in [5.74, 6) is 0. The summed E-state index contributed by atoms with van der Waals surface area (Å²) in [4.78, 5) is 0. The Balaban J connectivity index is 2.44. The Morgan fingerprint density at radius 3 is 2.67 bits per heavy atom. The Hall–Kier alpha value is -1.04. The summed E-state index contributed by atoms with van der Waals surface area (Å²) in [7, 11) is 1.80. The number of aromatic nitrogens is 2. The number of hydrogen-bond donors (Lipinski definition) is 1. The molecule has 0 fully saturated rings. The van der Waals surface area contributed by atoms with Crippen molar-refractivity contribution in [3.05, 3.63) is 18.0 Å². The highest BCUT2D eigenvalue weighted by Gasteiger charge is 2.31. The third-order valence-corrected chi connectivity index (χ3v) is 2.70. The molecule has 0 aromatic carbocycles. The maximum atomic E-state index is 12.4. The Bertz CT molecular complexity index is 347. The standard InChI is InChI=1S/C12H20F3N3/c1-3-6-16-11(7-12(13,14)15)5-4-10-8-17-18(2)9-10/h8-9,11,16H,3-7H2,1-2H3. The molecule has 1 aromatic rings. The Kier molecular flexibility index (Phi) is 5.65. The zero-order valence-electron chi connectivity index (χ0n) is 10.8. The second-order valence-electron chi connectivity index (χ2n) is 4.53. The lowest BCUT2D eigenvalue weighted by atomic mass is 10.0. The predicted molar refractivity (Wildman–Crippen MR) is 64.3 cm³/mol. The number of nitrogens with zero attached hydrogens (tertiary/aromatic N) is 2. The van der Waals surface area contributed by atoms with Crippen LogP contribution in [0.2, 0.25) is 0 Å². The molecule has 0 amide bonds. The fraction of sp³-hybridized carbons (Fsp3) is 0.750. The maximum Gasteiger partial charge on any atom is 0.390 e. The van der Waals surface area contributed by atoms with Crippen LogP contribution in [0.1, 0.15) is 31.7 Å². The molecule has 0 radical (unpaired) electrons. The van der Waals surface area contributed by atoms with Crippen molar-refractivity contribution in [2.75, 3.05) is 6.54 Å². The monoisotopic (exact) mass is 263 g/mol. The molecule has 0 aliphatic carbocycles. The van der Waals surface area contributed by atoms with Crippen molar-refractivity contribution in [2.24, 2.45) is 7.05 Å². The van der Waals surface area contributed by atoms with Crippen LogP contribution in [-0.4, -0.2) is 28.5 Å². The largest absolute Gasteiger partial charge is 0.390 e. The van der Waals surface area contributed by atoms with Crippen molar-refractivity contribution in [2.45, 2.75) is 44.8 Å². The molecular weight excluding hydrogens is 243 g/mol. The minimum atomic E-state index is -4.11. The fourth-order valence-electron chi connectivity index (χ4n) is 1.85. The number of hydrogen-bond acceptors (Lipinski definition) is 2. The van der Waals surface area contributed by atoms with Gasteiger partial charge < -0.3 is 5.32 Å². The van der Waals surface area contributed by atoms with Crippen LogP contribution in [0.15, 0.2) is 12.4 Å². The van der Waals surface area contributed by atoms with E-state index in [9.17, 15) is 13.2 Å². The van der Waals surface area contributed by atoms with E-state index in [2.05, 4.69) is 10.4 Å². The number of rotatable bonds is 7. The van der Waals surface area contributed by atoms with Gasteiger partial charge in [0.25, 0.3) is 0 Å². The number of nitrogens with one attached hydrogen (secondary N) is 1. The zero-order chi connectivity index (χ0) is 13.6. The molecule has 1 heterocycles. The van der Waals surface area contributed by atoms with Gasteiger partial charge in [0.2, 0.25) is 0 Å². The van der Waals surface area contributed by atoms with Gasteiger partial charge in [-0.2, -0.15) is 18.3 Å². The lowest BCUT2D eigenvalue weighted by Crippen LogP contribution is -2.34. The van der Waals surface area contributed by atoms with Gasteiger partial charge in [-0.3, -0.25) is 4.68 Å². The van der Waals surface area contributed by atoms with E-state index in [4.69, 9.17) is 0 Å². The smallest absolute Gasteiger partial charge is 0.314 e. The van der Waals surface area contributed by atoms with Crippen LogP contribution in [0.25, 0.3) is 0 Å². The van der Waals surface area contributed by atoms with Crippen molar-refractivity contribution in [1.82, 2.24) is 15.1 Å². The molecule has 3 nitrogen and oxygen atoms in total. The van der Waals surface area contributed by atoms with Crippen molar-refractivity contribution >= 4 is 0 Å². The molecule has 104 valence electrons. The second kappa shape index (κ2) is 6.78. The Morgan fingerprint density at radius 2 is 2.17 bits per heavy atom. The van der Waals surface area contributed by atoms with Gasteiger partial charge in [-0.1, -0.05) is 6.92 Å². The quantitative estimate of drug-likeness (QED) is 0.819. The molecule has 0 spiro atoms. The maximum absolute atomic E-state index is 12.4. The molecular formula is C12H20F3N3. The van der Waals surface area contributed by atoms with Crippen LogP contribution in [0.4, 0.5) is 13.2 Å². The molecule has 0 aliphatic rings. The van der Waals surface area contributed by atoms with Crippen molar-refractivity contribution in [1.29, 1.82) is 0 Å². The third-order valence-electron chi connectivity index (χ3n) is 2.70. The van der Waals surface area contributed by atoms with Crippen LogP contribution in [0.5, 0.6) is 0 Å². The molecule has 1 atom stereocenters. The van der Waals surface area contributed by atoms with Crippen LogP contribution in [0, 0.1) is 0 Å². The molecule has 1 rings (SSSR count). The van der Waals surface area contributed by atoms with Gasteiger partial charge in [0, 0.05) is 19.3 Å². The summed E-state index contributed by atoms with van der Waals surface area (Å²) < 4.78 is 38.9. The number of halogens is 3. The first-order valence-electron chi connectivity index (χ1n) is 6.18. The molecule has 18 heavy (non-hydrogen) atoms. The lowest BCUT2D eigenvalue weighted by Gasteiger charge is -2.19. The van der Waals surface area contributed by atoms with E-state index in [1.807, 2.05) is 13.1 Å². The minimum absolute atomic E-state index is 0.477. The average Bonchev–Trinajstić information content (AvgIpc) is 2.66. The zero-order valence-corrected chi connectivity index (χ0v) is 10.8. The predicted octanol–water partition coefficient (Wildman–Crippen LogP) is 2.67. The molecule has 0 saturated heterocycles. The van der Waals surface area contributed by atoms with E-state index in [1.165, 1.54) is 0 Å². The molecule has 0 aliphatic heterocycles. The SMILES string of the molecule is CCCNC(CCc1cnn(C)c1)CC(F)(F)F. The second-order valence-corrected chi connectivity index (χ2v) is 4.53. The first-order chi connectivity index (χ1) is 8.40. The van der Waals surface area contributed by atoms with Gasteiger partial charge in [0.1, 0.15) is 0 Å². The van der Waals surface area contributed by atoms with E-state index in [1.54, 1.807) is 17.9 Å². The van der Waals surface area contributed by atoms with Gasteiger partial charge >= 0.3 is 6.18 Å². The molecule has 6 heteroatoms. The van der Waals surface area contributed by atoms with E-state index in [0.29, 0.717) is 19.4 Å². The number of alkyl halides is 3. The third kappa shape index (κ3) is 6.05. The summed E-state index contributed by atoms with van der Waals surface area (Å²) in [6, 6.07) is -0.509. The molecule has 1 N–H and O–H groups in total. The average molecular weight is 263 g/mol. The van der Waals surface area contributed by atoms with Gasteiger partial charge in [-0.15, -0.1) is 0 Å². The highest BCUT2D eigenvalue weighted by Crippen LogP contribution is 2.23. The van der Waals surface area contributed by atoms with Gasteiger partial charge in [0.05, 0.1) is 12.6 Å². The highest BCUT2D eigenvalue weighted by atomic mass is 19.4. The van der Waals surface area contributed by atoms with Crippen LogP contribution < -0.4 is 5.32 Å². The summed E-state index contributed by atoms with van der Waals surface area (Å²) in [6.07, 6.45) is 0.584. The normalized spacial score (nSPS) is 13.8. The van der Waals surface area contributed by atoms with Crippen molar-refractivity contribution < 1.29 is 13.2 Å². The first kappa shape index (κ1) is 15.0. The van der Waals surface area contributed by atoms with Crippen molar-refractivity contribution in [3.63, 3.8) is 0 Å². The van der Waals surface area contributed by atoms with Gasteiger partial charge in [-0.25, -0.2) is 0 Å². The van der Waals surface area contributed by atoms with Crippen LogP contribution in [-0.2, 0) is 13.5 Å². The molecule has 1 aromatic heterocycles. The van der Waals surface area contributed by atoms with E-state index in [-0.39, 0.29) is 0 Å². The molecule has 0 saturated carbocycles. The minimum Gasteiger partial charge on any atom is -0.314 e. The highest BCUT2D eigenvalue weighted by molar-refractivity contribution is 5.04. The summed E-state index contributed by atoms with van der Waals surface area (Å²) in [5, 5.41) is 6.96. The van der Waals surface area contributed by atoms with Gasteiger partial charge in [-0.05, 0) is 31.4 Å². The van der Waals surface area contributed by atoms with Crippen LogP contribution >= 0.6 is 0 Å². The topological polar surface area (TPSA) is 29.9 Å². The van der Waals surface area contributed by atoms with Crippen molar-refractivity contribution in [3.8, 4) is 0 Å². The molecule has 1 unspecified atom stereocenters. The Labute approximate surface area is 105 Å². The van der Waals surface area contributed by atoms with Crippen LogP contribution in [0.3, 0.4) is 0 Å². The van der Waals surface area contributed by atoms with E-state index in [0.717, 1.165) is 12.0 Å². The summed E-state index contributed by atoms with van der Waals surface area (Å²) in [6.45, 7) is 2.56. The molecule has 0 bridgehead atoms.